The van der Waals surface area contributed by atoms with Gasteiger partial charge in [-0.05, 0) is 36.8 Å². The summed E-state index contributed by atoms with van der Waals surface area (Å²) >= 11 is 0. The summed E-state index contributed by atoms with van der Waals surface area (Å²) < 4.78 is 33.2. The zero-order valence-electron chi connectivity index (χ0n) is 13.8. The van der Waals surface area contributed by atoms with Crippen LogP contribution in [0.4, 0.5) is 5.69 Å². The molecule has 25 heavy (non-hydrogen) atoms. The van der Waals surface area contributed by atoms with E-state index in [2.05, 4.69) is 4.72 Å². The Bertz CT molecular complexity index is 936. The zero-order valence-corrected chi connectivity index (χ0v) is 14.7. The molecule has 4 nitrogen and oxygen atoms in total. The van der Waals surface area contributed by atoms with Gasteiger partial charge in [-0.25, -0.2) is 8.42 Å². The van der Waals surface area contributed by atoms with Crippen molar-refractivity contribution in [3.63, 3.8) is 0 Å². The second kappa shape index (κ2) is 7.40. The second-order valence-corrected chi connectivity index (χ2v) is 7.40. The fourth-order valence-electron chi connectivity index (χ4n) is 2.32. The van der Waals surface area contributed by atoms with Gasteiger partial charge in [-0.3, -0.25) is 4.72 Å². The number of aryl methyl sites for hydroxylation is 1. The van der Waals surface area contributed by atoms with Crippen molar-refractivity contribution in [3.8, 4) is 5.75 Å². The van der Waals surface area contributed by atoms with Crippen LogP contribution in [0.5, 0.6) is 5.75 Å². The van der Waals surface area contributed by atoms with Gasteiger partial charge in [-0.15, -0.1) is 0 Å². The van der Waals surface area contributed by atoms with Crippen LogP contribution < -0.4 is 9.46 Å². The molecular formula is C20H19NO3S. The smallest absolute Gasteiger partial charge is 0.261 e. The highest BCUT2D eigenvalue weighted by Gasteiger charge is 2.14. The van der Waals surface area contributed by atoms with Gasteiger partial charge >= 0.3 is 0 Å². The number of nitrogens with one attached hydrogen (secondary N) is 1. The zero-order chi connectivity index (χ0) is 17.7. The van der Waals surface area contributed by atoms with Gasteiger partial charge in [0.15, 0.2) is 0 Å². The van der Waals surface area contributed by atoms with Gasteiger partial charge < -0.3 is 4.74 Å². The molecule has 0 aliphatic heterocycles. The van der Waals surface area contributed by atoms with Crippen LogP contribution in [0.25, 0.3) is 0 Å². The summed E-state index contributed by atoms with van der Waals surface area (Å²) in [6, 6.07) is 23.5. The molecule has 0 atom stereocenters. The largest absolute Gasteiger partial charge is 0.489 e. The average molecular weight is 353 g/mol. The van der Waals surface area contributed by atoms with E-state index in [0.717, 1.165) is 11.1 Å². The lowest BCUT2D eigenvalue weighted by atomic mass is 10.2. The number of sulfonamides is 1. The van der Waals surface area contributed by atoms with Crippen LogP contribution >= 0.6 is 0 Å². The molecule has 3 aromatic carbocycles. The molecule has 0 saturated heterocycles. The third-order valence-electron chi connectivity index (χ3n) is 3.67. The molecule has 0 bridgehead atoms. The first kappa shape index (κ1) is 17.0. The molecule has 0 aromatic heterocycles. The van der Waals surface area contributed by atoms with E-state index in [4.69, 9.17) is 4.74 Å². The number of anilines is 1. The van der Waals surface area contributed by atoms with E-state index in [0.29, 0.717) is 18.0 Å². The molecule has 128 valence electrons. The Hall–Kier alpha value is -2.79. The van der Waals surface area contributed by atoms with Crippen LogP contribution in [-0.2, 0) is 16.6 Å². The molecular weight excluding hydrogens is 334 g/mol. The molecule has 0 spiro atoms. The molecule has 0 saturated carbocycles. The Balaban J connectivity index is 1.72. The van der Waals surface area contributed by atoms with Crippen molar-refractivity contribution in [1.82, 2.24) is 0 Å². The van der Waals surface area contributed by atoms with E-state index in [1.54, 1.807) is 48.5 Å². The molecule has 0 unspecified atom stereocenters. The lowest BCUT2D eigenvalue weighted by Gasteiger charge is -2.11. The van der Waals surface area contributed by atoms with Crippen molar-refractivity contribution < 1.29 is 13.2 Å². The SMILES string of the molecule is Cc1ccc(S(=O)(=O)Nc2cccc(OCc3ccccc3)c2)cc1. The average Bonchev–Trinajstić information content (AvgIpc) is 2.61. The maximum absolute atomic E-state index is 12.5. The van der Waals surface area contributed by atoms with Crippen LogP contribution in [0.1, 0.15) is 11.1 Å². The summed E-state index contributed by atoms with van der Waals surface area (Å²) in [6.07, 6.45) is 0. The lowest BCUT2D eigenvalue weighted by Crippen LogP contribution is -2.12. The topological polar surface area (TPSA) is 55.4 Å². The third kappa shape index (κ3) is 4.61. The van der Waals surface area contributed by atoms with Crippen LogP contribution in [0.3, 0.4) is 0 Å². The number of ether oxygens (including phenoxy) is 1. The summed E-state index contributed by atoms with van der Waals surface area (Å²) in [7, 11) is -3.62. The molecule has 0 fully saturated rings. The highest BCUT2D eigenvalue weighted by Crippen LogP contribution is 2.22. The molecule has 5 heteroatoms. The first-order valence-electron chi connectivity index (χ1n) is 7.89. The predicted octanol–water partition coefficient (Wildman–Crippen LogP) is 4.37. The van der Waals surface area contributed by atoms with Gasteiger partial charge in [0.1, 0.15) is 12.4 Å². The monoisotopic (exact) mass is 353 g/mol. The first-order valence-corrected chi connectivity index (χ1v) is 9.37. The van der Waals surface area contributed by atoms with Gasteiger partial charge in [0, 0.05) is 6.07 Å². The van der Waals surface area contributed by atoms with E-state index in [1.807, 2.05) is 37.3 Å². The van der Waals surface area contributed by atoms with Crippen molar-refractivity contribution in [3.05, 3.63) is 90.0 Å². The van der Waals surface area contributed by atoms with Gasteiger partial charge in [-0.2, -0.15) is 0 Å². The van der Waals surface area contributed by atoms with Crippen molar-refractivity contribution in [2.24, 2.45) is 0 Å². The number of hydrogen-bond donors (Lipinski definition) is 1. The van der Waals surface area contributed by atoms with E-state index < -0.39 is 10.0 Å². The number of hydrogen-bond acceptors (Lipinski definition) is 3. The summed E-state index contributed by atoms with van der Waals surface area (Å²) in [5.41, 5.74) is 2.52. The van der Waals surface area contributed by atoms with E-state index in [9.17, 15) is 8.42 Å². The molecule has 0 radical (unpaired) electrons. The minimum atomic E-state index is -3.62. The Labute approximate surface area is 148 Å². The molecule has 0 aliphatic rings. The fourth-order valence-corrected chi connectivity index (χ4v) is 3.37. The molecule has 0 aliphatic carbocycles. The van der Waals surface area contributed by atoms with E-state index in [1.165, 1.54) is 0 Å². The maximum Gasteiger partial charge on any atom is 0.261 e. The highest BCUT2D eigenvalue weighted by molar-refractivity contribution is 7.92. The molecule has 3 aromatic rings. The van der Waals surface area contributed by atoms with Gasteiger partial charge in [-0.1, -0.05) is 54.1 Å². The normalized spacial score (nSPS) is 11.1. The number of benzene rings is 3. The van der Waals surface area contributed by atoms with Gasteiger partial charge in [0.25, 0.3) is 10.0 Å². The highest BCUT2D eigenvalue weighted by atomic mass is 32.2. The maximum atomic E-state index is 12.5. The van der Waals surface area contributed by atoms with Crippen molar-refractivity contribution in [2.75, 3.05) is 4.72 Å². The third-order valence-corrected chi connectivity index (χ3v) is 5.06. The molecule has 3 rings (SSSR count). The predicted molar refractivity (Wildman–Crippen MR) is 99.2 cm³/mol. The molecule has 0 heterocycles. The summed E-state index contributed by atoms with van der Waals surface area (Å²) in [5.74, 6) is 0.605. The Kier molecular flexibility index (Phi) is 5.05. The first-order chi connectivity index (χ1) is 12.0. The second-order valence-electron chi connectivity index (χ2n) is 5.72. The standard InChI is InChI=1S/C20H19NO3S/c1-16-10-12-20(13-11-16)25(22,23)21-18-8-5-9-19(14-18)24-15-17-6-3-2-4-7-17/h2-14,21H,15H2,1H3. The van der Waals surface area contributed by atoms with E-state index in [-0.39, 0.29) is 4.90 Å². The van der Waals surface area contributed by atoms with Crippen LogP contribution in [-0.4, -0.2) is 8.42 Å². The van der Waals surface area contributed by atoms with Crippen LogP contribution in [0, 0.1) is 6.92 Å². The lowest BCUT2D eigenvalue weighted by molar-refractivity contribution is 0.306. The van der Waals surface area contributed by atoms with Crippen molar-refractivity contribution in [2.45, 2.75) is 18.4 Å². The fraction of sp³-hybridized carbons (Fsp3) is 0.100. The summed E-state index contributed by atoms with van der Waals surface area (Å²) in [6.45, 7) is 2.34. The van der Waals surface area contributed by atoms with Crippen LogP contribution in [0.2, 0.25) is 0 Å². The molecule has 1 N–H and O–H groups in total. The minimum Gasteiger partial charge on any atom is -0.489 e. The summed E-state index contributed by atoms with van der Waals surface area (Å²) in [5, 5.41) is 0. The van der Waals surface area contributed by atoms with E-state index >= 15 is 0 Å². The van der Waals surface area contributed by atoms with Crippen molar-refractivity contribution >= 4 is 15.7 Å². The quantitative estimate of drug-likeness (QED) is 0.716. The van der Waals surface area contributed by atoms with Crippen LogP contribution in [0.15, 0.2) is 83.8 Å². The Morgan fingerprint density at radius 1 is 0.880 bits per heavy atom. The van der Waals surface area contributed by atoms with Crippen molar-refractivity contribution in [1.29, 1.82) is 0 Å². The summed E-state index contributed by atoms with van der Waals surface area (Å²) in [4.78, 5) is 0.230. The Morgan fingerprint density at radius 3 is 2.32 bits per heavy atom. The Morgan fingerprint density at radius 2 is 1.60 bits per heavy atom. The van der Waals surface area contributed by atoms with Gasteiger partial charge in [0.05, 0.1) is 10.6 Å². The number of rotatable bonds is 6. The minimum absolute atomic E-state index is 0.230. The van der Waals surface area contributed by atoms with Gasteiger partial charge in [0.2, 0.25) is 0 Å². The molecule has 0 amide bonds.